The van der Waals surface area contributed by atoms with Gasteiger partial charge < -0.3 is 0 Å². The van der Waals surface area contributed by atoms with Gasteiger partial charge in [0.15, 0.2) is 5.78 Å². The van der Waals surface area contributed by atoms with Crippen molar-refractivity contribution in [2.24, 2.45) is 0 Å². The van der Waals surface area contributed by atoms with Gasteiger partial charge >= 0.3 is 0 Å². The Morgan fingerprint density at radius 1 is 1.06 bits per heavy atom. The van der Waals surface area contributed by atoms with Crippen LogP contribution in [0.1, 0.15) is 27.4 Å². The summed E-state index contributed by atoms with van der Waals surface area (Å²) in [6.45, 7) is 0. The third-order valence-corrected chi connectivity index (χ3v) is 3.51. The second-order valence-electron chi connectivity index (χ2n) is 4.33. The van der Waals surface area contributed by atoms with E-state index in [4.69, 9.17) is 11.6 Å². The Morgan fingerprint density at radius 2 is 1.82 bits per heavy atom. The molecular formula is C15H11ClO. The maximum atomic E-state index is 12.3. The zero-order valence-electron chi connectivity index (χ0n) is 9.19. The molecule has 1 aliphatic rings. The first-order valence-corrected chi connectivity index (χ1v) is 6.01. The van der Waals surface area contributed by atoms with Crippen LogP contribution < -0.4 is 0 Å². The molecule has 0 aromatic heterocycles. The van der Waals surface area contributed by atoms with Crippen LogP contribution in [-0.4, -0.2) is 5.78 Å². The first-order valence-electron chi connectivity index (χ1n) is 5.63. The molecule has 3 rings (SSSR count). The molecule has 0 N–H and O–H groups in total. The molecule has 2 aromatic rings. The van der Waals surface area contributed by atoms with E-state index in [0.29, 0.717) is 5.02 Å². The minimum atomic E-state index is -0.0373. The van der Waals surface area contributed by atoms with Crippen molar-refractivity contribution in [3.63, 3.8) is 0 Å². The van der Waals surface area contributed by atoms with Gasteiger partial charge in [0, 0.05) is 10.6 Å². The van der Waals surface area contributed by atoms with Gasteiger partial charge in [-0.05, 0) is 29.7 Å². The van der Waals surface area contributed by atoms with Crippen LogP contribution in [0.3, 0.4) is 0 Å². The number of ketones is 1. The third kappa shape index (κ3) is 1.77. The summed E-state index contributed by atoms with van der Waals surface area (Å²) in [4.78, 5) is 12.3. The zero-order valence-corrected chi connectivity index (χ0v) is 9.95. The van der Waals surface area contributed by atoms with Crippen LogP contribution >= 0.6 is 11.6 Å². The standard InChI is InChI=1S/C15H11ClO/c16-12-7-6-11-8-13(15(17)14(11)9-12)10-4-2-1-3-5-10/h1-7,9,13H,8H2. The van der Waals surface area contributed by atoms with E-state index in [1.54, 1.807) is 6.07 Å². The minimum absolute atomic E-state index is 0.0373. The predicted molar refractivity (Wildman–Crippen MR) is 68.7 cm³/mol. The summed E-state index contributed by atoms with van der Waals surface area (Å²) in [5.74, 6) is 0.151. The summed E-state index contributed by atoms with van der Waals surface area (Å²) in [5, 5.41) is 0.630. The van der Waals surface area contributed by atoms with Crippen LogP contribution in [0.4, 0.5) is 0 Å². The molecule has 0 aliphatic heterocycles. The molecule has 0 amide bonds. The van der Waals surface area contributed by atoms with Gasteiger partial charge in [-0.25, -0.2) is 0 Å². The van der Waals surface area contributed by atoms with Crippen molar-refractivity contribution < 1.29 is 4.79 Å². The van der Waals surface area contributed by atoms with Gasteiger partial charge in [-0.2, -0.15) is 0 Å². The number of Topliss-reactive ketones (excluding diaryl/α,β-unsaturated/α-hetero) is 1. The number of hydrogen-bond donors (Lipinski definition) is 0. The quantitative estimate of drug-likeness (QED) is 0.742. The third-order valence-electron chi connectivity index (χ3n) is 3.28. The van der Waals surface area contributed by atoms with Crippen molar-refractivity contribution >= 4 is 17.4 Å². The molecule has 0 radical (unpaired) electrons. The molecular weight excluding hydrogens is 232 g/mol. The molecule has 1 unspecified atom stereocenters. The first-order chi connectivity index (χ1) is 8.25. The Morgan fingerprint density at radius 3 is 2.59 bits per heavy atom. The predicted octanol–water partition coefficient (Wildman–Crippen LogP) is 3.86. The van der Waals surface area contributed by atoms with Gasteiger partial charge in [-0.1, -0.05) is 48.0 Å². The highest BCUT2D eigenvalue weighted by atomic mass is 35.5. The average molecular weight is 243 g/mol. The molecule has 2 heteroatoms. The number of rotatable bonds is 1. The number of benzene rings is 2. The smallest absolute Gasteiger partial charge is 0.170 e. The fourth-order valence-electron chi connectivity index (χ4n) is 2.41. The topological polar surface area (TPSA) is 17.1 Å². The summed E-state index contributed by atoms with van der Waals surface area (Å²) in [7, 11) is 0. The van der Waals surface area contributed by atoms with Gasteiger partial charge in [-0.3, -0.25) is 4.79 Å². The van der Waals surface area contributed by atoms with E-state index in [-0.39, 0.29) is 11.7 Å². The Hall–Kier alpha value is -1.60. The van der Waals surface area contributed by atoms with Crippen molar-refractivity contribution in [1.29, 1.82) is 0 Å². The largest absolute Gasteiger partial charge is 0.293 e. The molecule has 2 aromatic carbocycles. The van der Waals surface area contributed by atoms with Gasteiger partial charge in [-0.15, -0.1) is 0 Å². The summed E-state index contributed by atoms with van der Waals surface area (Å²) in [6.07, 6.45) is 0.787. The van der Waals surface area contributed by atoms with Gasteiger partial charge in [0.2, 0.25) is 0 Å². The van der Waals surface area contributed by atoms with Crippen LogP contribution in [0.15, 0.2) is 48.5 Å². The molecule has 0 heterocycles. The van der Waals surface area contributed by atoms with Crippen LogP contribution in [0.5, 0.6) is 0 Å². The number of hydrogen-bond acceptors (Lipinski definition) is 1. The molecule has 0 bridgehead atoms. The summed E-state index contributed by atoms with van der Waals surface area (Å²) < 4.78 is 0. The second-order valence-corrected chi connectivity index (χ2v) is 4.77. The highest BCUT2D eigenvalue weighted by Gasteiger charge is 2.31. The molecule has 1 nitrogen and oxygen atoms in total. The summed E-state index contributed by atoms with van der Waals surface area (Å²) in [6, 6.07) is 15.5. The van der Waals surface area contributed by atoms with Gasteiger partial charge in [0.25, 0.3) is 0 Å². The SMILES string of the molecule is O=C1c2cc(Cl)ccc2CC1c1ccccc1. The maximum Gasteiger partial charge on any atom is 0.170 e. The number of carbonyl (C=O) groups excluding carboxylic acids is 1. The highest BCUT2D eigenvalue weighted by molar-refractivity contribution is 6.31. The van der Waals surface area contributed by atoms with Crippen LogP contribution in [0.2, 0.25) is 5.02 Å². The van der Waals surface area contributed by atoms with Crippen molar-refractivity contribution in [3.05, 3.63) is 70.2 Å². The lowest BCUT2D eigenvalue weighted by atomic mass is 9.95. The monoisotopic (exact) mass is 242 g/mol. The molecule has 17 heavy (non-hydrogen) atoms. The molecule has 0 saturated carbocycles. The number of halogens is 1. The minimum Gasteiger partial charge on any atom is -0.293 e. The van der Waals surface area contributed by atoms with Crippen molar-refractivity contribution in [1.82, 2.24) is 0 Å². The normalized spacial score (nSPS) is 18.2. The van der Waals surface area contributed by atoms with E-state index >= 15 is 0 Å². The van der Waals surface area contributed by atoms with Crippen molar-refractivity contribution in [2.75, 3.05) is 0 Å². The van der Waals surface area contributed by atoms with Crippen LogP contribution in [-0.2, 0) is 6.42 Å². The Labute approximate surface area is 105 Å². The number of carbonyl (C=O) groups is 1. The van der Waals surface area contributed by atoms with Crippen molar-refractivity contribution in [2.45, 2.75) is 12.3 Å². The maximum absolute atomic E-state index is 12.3. The summed E-state index contributed by atoms with van der Waals surface area (Å²) in [5.41, 5.74) is 2.98. The lowest BCUT2D eigenvalue weighted by molar-refractivity contribution is 0.0973. The van der Waals surface area contributed by atoms with E-state index in [0.717, 1.165) is 23.1 Å². The van der Waals surface area contributed by atoms with E-state index in [9.17, 15) is 4.79 Å². The van der Waals surface area contributed by atoms with E-state index in [2.05, 4.69) is 0 Å². The Kier molecular flexibility index (Phi) is 2.49. The van der Waals surface area contributed by atoms with Crippen LogP contribution in [0.25, 0.3) is 0 Å². The molecule has 0 saturated heterocycles. The fourth-order valence-corrected chi connectivity index (χ4v) is 2.58. The lowest BCUT2D eigenvalue weighted by Gasteiger charge is -2.07. The lowest BCUT2D eigenvalue weighted by Crippen LogP contribution is -2.06. The zero-order chi connectivity index (χ0) is 11.8. The molecule has 1 aliphatic carbocycles. The Bertz CT molecular complexity index is 575. The van der Waals surface area contributed by atoms with Gasteiger partial charge in [0.1, 0.15) is 0 Å². The molecule has 0 spiro atoms. The van der Waals surface area contributed by atoms with E-state index < -0.39 is 0 Å². The van der Waals surface area contributed by atoms with Crippen molar-refractivity contribution in [3.8, 4) is 0 Å². The van der Waals surface area contributed by atoms with E-state index in [1.165, 1.54) is 0 Å². The second kappa shape index (κ2) is 4.01. The van der Waals surface area contributed by atoms with E-state index in [1.807, 2.05) is 42.5 Å². The number of fused-ring (bicyclic) bond motifs is 1. The Balaban J connectivity index is 2.02. The molecule has 0 fully saturated rings. The summed E-state index contributed by atoms with van der Waals surface area (Å²) >= 11 is 5.93. The van der Waals surface area contributed by atoms with Gasteiger partial charge in [0.05, 0.1) is 5.92 Å². The fraction of sp³-hybridized carbons (Fsp3) is 0.133. The molecule has 84 valence electrons. The highest BCUT2D eigenvalue weighted by Crippen LogP contribution is 2.34. The average Bonchev–Trinajstić information content (AvgIpc) is 2.68. The molecule has 1 atom stereocenters. The first kappa shape index (κ1) is 10.5. The van der Waals surface area contributed by atoms with Crippen LogP contribution in [0, 0.1) is 0 Å².